The van der Waals surface area contributed by atoms with E-state index in [1.54, 1.807) is 26.2 Å². The molecule has 0 fully saturated rings. The molecule has 19 heavy (non-hydrogen) atoms. The average Bonchev–Trinajstić information content (AvgIpc) is 2.85. The Kier molecular flexibility index (Phi) is 2.60. The highest BCUT2D eigenvalue weighted by Gasteiger charge is 2.18. The van der Waals surface area contributed by atoms with Crippen LogP contribution in [0.1, 0.15) is 10.4 Å². The zero-order chi connectivity index (χ0) is 13.6. The molecule has 0 radical (unpaired) electrons. The van der Waals surface area contributed by atoms with Crippen molar-refractivity contribution in [1.82, 2.24) is 24.9 Å². The van der Waals surface area contributed by atoms with Crippen molar-refractivity contribution in [3.63, 3.8) is 0 Å². The number of halogens is 1. The summed E-state index contributed by atoms with van der Waals surface area (Å²) in [6, 6.07) is 7.22. The second kappa shape index (κ2) is 4.17. The van der Waals surface area contributed by atoms with Gasteiger partial charge in [-0.3, -0.25) is 4.79 Å². The normalized spacial score (nSPS) is 11.1. The number of pyridine rings is 1. The lowest BCUT2D eigenvalue weighted by Gasteiger charge is -2.12. The van der Waals surface area contributed by atoms with Crippen molar-refractivity contribution in [2.24, 2.45) is 0 Å². The predicted molar refractivity (Wildman–Crippen MR) is 71.3 cm³/mol. The van der Waals surface area contributed by atoms with Gasteiger partial charge < -0.3 is 4.90 Å². The predicted octanol–water partition coefficient (Wildman–Crippen LogP) is 1.63. The van der Waals surface area contributed by atoms with Gasteiger partial charge in [-0.2, -0.15) is 4.52 Å². The fraction of sp³-hybridized carbons (Fsp3) is 0.167. The van der Waals surface area contributed by atoms with Crippen molar-refractivity contribution in [2.45, 2.75) is 0 Å². The smallest absolute Gasteiger partial charge is 0.257 e. The maximum atomic E-state index is 12.2. The van der Waals surface area contributed by atoms with Gasteiger partial charge >= 0.3 is 0 Å². The Morgan fingerprint density at radius 1 is 1.37 bits per heavy atom. The van der Waals surface area contributed by atoms with E-state index in [0.717, 1.165) is 5.39 Å². The number of benzene rings is 1. The van der Waals surface area contributed by atoms with Gasteiger partial charge in [-0.25, -0.2) is 0 Å². The van der Waals surface area contributed by atoms with Crippen molar-refractivity contribution in [2.75, 3.05) is 14.1 Å². The van der Waals surface area contributed by atoms with Gasteiger partial charge in [-0.15, -0.1) is 5.10 Å². The van der Waals surface area contributed by atoms with Crippen LogP contribution in [0.5, 0.6) is 0 Å². The van der Waals surface area contributed by atoms with Crippen molar-refractivity contribution in [3.05, 3.63) is 34.9 Å². The summed E-state index contributed by atoms with van der Waals surface area (Å²) >= 11 is 6.18. The highest BCUT2D eigenvalue weighted by atomic mass is 35.5. The molecule has 0 aliphatic heterocycles. The van der Waals surface area contributed by atoms with Gasteiger partial charge in [-0.05, 0) is 22.6 Å². The third-order valence-electron chi connectivity index (χ3n) is 2.88. The van der Waals surface area contributed by atoms with Crippen LogP contribution in [0.15, 0.2) is 24.3 Å². The van der Waals surface area contributed by atoms with Crippen LogP contribution in [0, 0.1) is 0 Å². The van der Waals surface area contributed by atoms with E-state index in [0.29, 0.717) is 21.7 Å². The van der Waals surface area contributed by atoms with Crippen LogP contribution in [0.2, 0.25) is 5.02 Å². The number of fused-ring (bicyclic) bond motifs is 3. The molecule has 0 saturated carbocycles. The van der Waals surface area contributed by atoms with Gasteiger partial charge in [0.1, 0.15) is 0 Å². The lowest BCUT2D eigenvalue weighted by Crippen LogP contribution is -2.22. The standard InChI is InChI=1S/C12H10ClN5O/c1-17(2)12(19)8-6-7-4-3-5-9(13)10(7)18-11(8)14-15-16-18/h3-6H,1-2H3. The van der Waals surface area contributed by atoms with Gasteiger partial charge in [0.15, 0.2) is 5.65 Å². The highest BCUT2D eigenvalue weighted by molar-refractivity contribution is 6.35. The summed E-state index contributed by atoms with van der Waals surface area (Å²) in [7, 11) is 3.37. The van der Waals surface area contributed by atoms with Gasteiger partial charge in [0.25, 0.3) is 5.91 Å². The van der Waals surface area contributed by atoms with Crippen LogP contribution in [-0.2, 0) is 0 Å². The van der Waals surface area contributed by atoms with Gasteiger partial charge in [0.05, 0.1) is 16.1 Å². The highest BCUT2D eigenvalue weighted by Crippen LogP contribution is 2.25. The first-order chi connectivity index (χ1) is 9.09. The number of hydrogen-bond donors (Lipinski definition) is 0. The zero-order valence-corrected chi connectivity index (χ0v) is 11.1. The molecule has 2 aromatic heterocycles. The minimum absolute atomic E-state index is 0.151. The van der Waals surface area contributed by atoms with Crippen LogP contribution < -0.4 is 0 Å². The lowest BCUT2D eigenvalue weighted by atomic mass is 10.1. The number of aromatic nitrogens is 4. The third-order valence-corrected chi connectivity index (χ3v) is 3.18. The van der Waals surface area contributed by atoms with Crippen molar-refractivity contribution in [1.29, 1.82) is 0 Å². The Labute approximate surface area is 113 Å². The topological polar surface area (TPSA) is 63.4 Å². The van der Waals surface area contributed by atoms with E-state index in [1.807, 2.05) is 12.1 Å². The van der Waals surface area contributed by atoms with Gasteiger partial charge in [0.2, 0.25) is 0 Å². The van der Waals surface area contributed by atoms with Crippen LogP contribution >= 0.6 is 11.6 Å². The van der Waals surface area contributed by atoms with Crippen molar-refractivity contribution >= 4 is 34.1 Å². The molecule has 0 aliphatic rings. The van der Waals surface area contributed by atoms with Crippen molar-refractivity contribution in [3.8, 4) is 0 Å². The number of carbonyl (C=O) groups excluding carboxylic acids is 1. The molecule has 0 N–H and O–H groups in total. The summed E-state index contributed by atoms with van der Waals surface area (Å²) in [5.41, 5.74) is 1.54. The molecule has 3 aromatic rings. The summed E-state index contributed by atoms with van der Waals surface area (Å²) in [4.78, 5) is 13.7. The van der Waals surface area contributed by atoms with E-state index >= 15 is 0 Å². The zero-order valence-electron chi connectivity index (χ0n) is 10.3. The quantitative estimate of drug-likeness (QED) is 0.677. The van der Waals surface area contributed by atoms with Crippen LogP contribution in [0.25, 0.3) is 16.6 Å². The molecule has 6 nitrogen and oxygen atoms in total. The van der Waals surface area contributed by atoms with Crippen LogP contribution in [-0.4, -0.2) is 44.9 Å². The number of hydrogen-bond acceptors (Lipinski definition) is 4. The molecule has 0 aliphatic carbocycles. The van der Waals surface area contributed by atoms with E-state index in [9.17, 15) is 4.79 Å². The first-order valence-corrected chi connectivity index (χ1v) is 5.98. The molecule has 1 amide bonds. The Morgan fingerprint density at radius 3 is 2.89 bits per heavy atom. The maximum Gasteiger partial charge on any atom is 0.257 e. The number of nitrogens with zero attached hydrogens (tertiary/aromatic N) is 5. The summed E-state index contributed by atoms with van der Waals surface area (Å²) in [6.45, 7) is 0. The van der Waals surface area contributed by atoms with E-state index < -0.39 is 0 Å². The minimum atomic E-state index is -0.151. The third kappa shape index (κ3) is 1.72. The molecular formula is C12H10ClN5O. The Balaban J connectivity index is 2.46. The lowest BCUT2D eigenvalue weighted by molar-refractivity contribution is 0.0829. The fourth-order valence-electron chi connectivity index (χ4n) is 2.00. The molecule has 0 unspecified atom stereocenters. The van der Waals surface area contributed by atoms with E-state index in [-0.39, 0.29) is 5.91 Å². The monoisotopic (exact) mass is 275 g/mol. The molecule has 2 heterocycles. The number of amides is 1. The molecule has 0 atom stereocenters. The van der Waals surface area contributed by atoms with Crippen LogP contribution in [0.4, 0.5) is 0 Å². The number of carbonyl (C=O) groups is 1. The Morgan fingerprint density at radius 2 is 2.16 bits per heavy atom. The fourth-order valence-corrected chi connectivity index (χ4v) is 2.26. The minimum Gasteiger partial charge on any atom is -0.345 e. The summed E-state index contributed by atoms with van der Waals surface area (Å²) in [6.07, 6.45) is 0. The van der Waals surface area contributed by atoms with Crippen LogP contribution in [0.3, 0.4) is 0 Å². The molecule has 3 rings (SSSR count). The van der Waals surface area contributed by atoms with E-state index in [4.69, 9.17) is 11.6 Å². The van der Waals surface area contributed by atoms with E-state index in [1.165, 1.54) is 9.42 Å². The molecule has 1 aromatic carbocycles. The molecule has 0 bridgehead atoms. The average molecular weight is 276 g/mol. The molecule has 7 heteroatoms. The summed E-state index contributed by atoms with van der Waals surface area (Å²) in [5, 5.41) is 12.8. The second-order valence-corrected chi connectivity index (χ2v) is 4.76. The molecule has 96 valence electrons. The number of rotatable bonds is 1. The number of para-hydroxylation sites is 1. The molecule has 0 spiro atoms. The SMILES string of the molecule is CN(C)C(=O)c1cc2cccc(Cl)c2n2nnnc12. The maximum absolute atomic E-state index is 12.2. The number of tetrazole rings is 1. The van der Waals surface area contributed by atoms with Gasteiger partial charge in [0, 0.05) is 19.5 Å². The first-order valence-electron chi connectivity index (χ1n) is 5.60. The molecular weight excluding hydrogens is 266 g/mol. The summed E-state index contributed by atoms with van der Waals surface area (Å²) in [5.74, 6) is -0.151. The molecule has 0 saturated heterocycles. The van der Waals surface area contributed by atoms with Gasteiger partial charge in [-0.1, -0.05) is 23.7 Å². The summed E-state index contributed by atoms with van der Waals surface area (Å²) < 4.78 is 1.49. The Hall–Kier alpha value is -2.21. The second-order valence-electron chi connectivity index (χ2n) is 4.35. The largest absolute Gasteiger partial charge is 0.345 e. The first kappa shape index (κ1) is 11.9. The Bertz CT molecular complexity index is 795. The van der Waals surface area contributed by atoms with Crippen molar-refractivity contribution < 1.29 is 4.79 Å². The van der Waals surface area contributed by atoms with E-state index in [2.05, 4.69) is 15.5 Å².